The van der Waals surface area contributed by atoms with E-state index in [-0.39, 0.29) is 0 Å². The Morgan fingerprint density at radius 1 is 0.413 bits per heavy atom. The molecule has 10 rings (SSSR count). The molecule has 0 N–H and O–H groups in total. The van der Waals surface area contributed by atoms with Gasteiger partial charge >= 0.3 is 0 Å². The number of thiophene rings is 1. The van der Waals surface area contributed by atoms with Crippen LogP contribution in [0, 0.1) is 0 Å². The third kappa shape index (κ3) is 3.76. The van der Waals surface area contributed by atoms with Crippen molar-refractivity contribution in [3.8, 4) is 28.7 Å². The van der Waals surface area contributed by atoms with E-state index in [2.05, 4.69) is 114 Å². The molecule has 46 heavy (non-hydrogen) atoms. The van der Waals surface area contributed by atoms with Crippen molar-refractivity contribution in [1.29, 1.82) is 0 Å². The first-order valence-corrected chi connectivity index (χ1v) is 16.2. The maximum absolute atomic E-state index is 5.21. The lowest BCUT2D eigenvalue weighted by atomic mass is 10.0. The van der Waals surface area contributed by atoms with Crippen LogP contribution in [0.4, 0.5) is 0 Å². The average Bonchev–Trinajstić information content (AvgIpc) is 3.67. The quantitative estimate of drug-likeness (QED) is 0.201. The first-order valence-electron chi connectivity index (χ1n) is 15.4. The normalized spacial score (nSPS) is 11.9. The zero-order chi connectivity index (χ0) is 30.2. The Labute approximate surface area is 267 Å². The van der Waals surface area contributed by atoms with Gasteiger partial charge in [-0.25, -0.2) is 4.98 Å². The SMILES string of the molecule is c1ccc(-c2nc(-c3ccccc3)nc(-n3c4cc5ccccc5cc4c4ccc5c6ccc7ccccc7c6sc5c43)n2)cc1. The van der Waals surface area contributed by atoms with Crippen LogP contribution in [0.5, 0.6) is 0 Å². The molecule has 0 aliphatic carbocycles. The maximum Gasteiger partial charge on any atom is 0.238 e. The molecular formula is C41H24N4S. The smallest absolute Gasteiger partial charge is 0.238 e. The van der Waals surface area contributed by atoms with Gasteiger partial charge in [0.05, 0.1) is 15.7 Å². The summed E-state index contributed by atoms with van der Waals surface area (Å²) >= 11 is 1.86. The number of aromatic nitrogens is 4. The highest BCUT2D eigenvalue weighted by molar-refractivity contribution is 7.27. The molecule has 0 radical (unpaired) electrons. The number of benzene rings is 7. The van der Waals surface area contributed by atoms with E-state index >= 15 is 0 Å². The van der Waals surface area contributed by atoms with Crippen LogP contribution >= 0.6 is 11.3 Å². The summed E-state index contributed by atoms with van der Waals surface area (Å²) in [6.45, 7) is 0. The fourth-order valence-electron chi connectivity index (χ4n) is 6.85. The van der Waals surface area contributed by atoms with Crippen molar-refractivity contribution in [3.63, 3.8) is 0 Å². The summed E-state index contributed by atoms with van der Waals surface area (Å²) < 4.78 is 4.80. The molecule has 0 saturated heterocycles. The lowest BCUT2D eigenvalue weighted by Crippen LogP contribution is -2.06. The van der Waals surface area contributed by atoms with Gasteiger partial charge in [0, 0.05) is 37.4 Å². The van der Waals surface area contributed by atoms with Crippen LogP contribution in [-0.2, 0) is 0 Å². The van der Waals surface area contributed by atoms with Gasteiger partial charge < -0.3 is 0 Å². The Kier molecular flexibility index (Phi) is 5.41. The zero-order valence-electron chi connectivity index (χ0n) is 24.6. The molecule has 3 heterocycles. The third-order valence-electron chi connectivity index (χ3n) is 9.01. The van der Waals surface area contributed by atoms with Crippen molar-refractivity contribution in [2.45, 2.75) is 0 Å². The van der Waals surface area contributed by atoms with E-state index < -0.39 is 0 Å². The molecule has 10 aromatic rings. The molecule has 3 aromatic heterocycles. The third-order valence-corrected chi connectivity index (χ3v) is 10.3. The van der Waals surface area contributed by atoms with Crippen molar-refractivity contribution in [2.75, 3.05) is 0 Å². The topological polar surface area (TPSA) is 43.6 Å². The second-order valence-corrected chi connectivity index (χ2v) is 12.7. The molecule has 0 aliphatic heterocycles. The monoisotopic (exact) mass is 604 g/mol. The Bertz CT molecular complexity index is 2740. The molecule has 0 bridgehead atoms. The van der Waals surface area contributed by atoms with Gasteiger partial charge in [-0.15, -0.1) is 11.3 Å². The van der Waals surface area contributed by atoms with E-state index in [4.69, 9.17) is 15.0 Å². The first kappa shape index (κ1) is 25.4. The molecule has 7 aromatic carbocycles. The molecule has 214 valence electrons. The van der Waals surface area contributed by atoms with Gasteiger partial charge in [-0.3, -0.25) is 4.57 Å². The van der Waals surface area contributed by atoms with E-state index in [0.717, 1.165) is 22.2 Å². The van der Waals surface area contributed by atoms with Crippen molar-refractivity contribution in [1.82, 2.24) is 19.5 Å². The van der Waals surface area contributed by atoms with Crippen LogP contribution in [0.3, 0.4) is 0 Å². The summed E-state index contributed by atoms with van der Waals surface area (Å²) in [7, 11) is 0. The van der Waals surface area contributed by atoms with Gasteiger partial charge in [0.15, 0.2) is 11.6 Å². The summed E-state index contributed by atoms with van der Waals surface area (Å²) in [5, 5.41) is 9.80. The summed E-state index contributed by atoms with van der Waals surface area (Å²) in [4.78, 5) is 15.4. The Balaban J connectivity index is 1.39. The Morgan fingerprint density at radius 3 is 1.70 bits per heavy atom. The Morgan fingerprint density at radius 2 is 0.978 bits per heavy atom. The van der Waals surface area contributed by atoms with Crippen molar-refractivity contribution in [3.05, 3.63) is 146 Å². The predicted octanol–water partition coefficient (Wildman–Crippen LogP) is 11.0. The number of fused-ring (bicyclic) bond motifs is 10. The standard InChI is InChI=1S/C41H24N4S/c1-3-12-26(13-4-1)39-42-40(27-14-5-2-6-15-27)44-41(43-39)45-35-24-29-17-8-7-16-28(29)23-34(35)31-21-22-33-32-20-19-25-11-9-10-18-30(25)37(32)46-38(33)36(31)45/h1-24H. The average molecular weight is 605 g/mol. The Hall–Kier alpha value is -5.91. The number of rotatable bonds is 3. The van der Waals surface area contributed by atoms with Crippen molar-refractivity contribution in [2.24, 2.45) is 0 Å². The molecule has 4 nitrogen and oxygen atoms in total. The van der Waals surface area contributed by atoms with Crippen molar-refractivity contribution >= 4 is 74.9 Å². The zero-order valence-corrected chi connectivity index (χ0v) is 25.4. The molecule has 0 aliphatic rings. The molecular weight excluding hydrogens is 581 g/mol. The van der Waals surface area contributed by atoms with Gasteiger partial charge in [-0.2, -0.15) is 9.97 Å². The van der Waals surface area contributed by atoms with Crippen LogP contribution in [0.15, 0.2) is 146 Å². The number of hydrogen-bond acceptors (Lipinski definition) is 4. The van der Waals surface area contributed by atoms with Gasteiger partial charge in [-0.1, -0.05) is 133 Å². The molecule has 0 atom stereocenters. The minimum Gasteiger partial charge on any atom is -0.276 e. The summed E-state index contributed by atoms with van der Waals surface area (Å²) in [5.41, 5.74) is 4.10. The largest absolute Gasteiger partial charge is 0.276 e. The second-order valence-electron chi connectivity index (χ2n) is 11.7. The number of hydrogen-bond donors (Lipinski definition) is 0. The van der Waals surface area contributed by atoms with Crippen LogP contribution in [0.2, 0.25) is 0 Å². The van der Waals surface area contributed by atoms with Crippen LogP contribution in [0.25, 0.3) is 92.2 Å². The number of nitrogens with zero attached hydrogens (tertiary/aromatic N) is 4. The fourth-order valence-corrected chi connectivity index (χ4v) is 8.22. The summed E-state index contributed by atoms with van der Waals surface area (Å²) in [6, 6.07) is 51.3. The second kappa shape index (κ2) is 9.80. The van der Waals surface area contributed by atoms with E-state index in [1.807, 2.05) is 47.7 Å². The summed E-state index contributed by atoms with van der Waals surface area (Å²) in [5.74, 6) is 1.90. The highest BCUT2D eigenvalue weighted by Gasteiger charge is 2.22. The molecule has 0 spiro atoms. The minimum atomic E-state index is 0.609. The van der Waals surface area contributed by atoms with Crippen molar-refractivity contribution < 1.29 is 0 Å². The lowest BCUT2D eigenvalue weighted by molar-refractivity contribution is 0.956. The van der Waals surface area contributed by atoms with Crippen LogP contribution < -0.4 is 0 Å². The van der Waals surface area contributed by atoms with Gasteiger partial charge in [0.25, 0.3) is 0 Å². The van der Waals surface area contributed by atoms with E-state index in [1.165, 1.54) is 52.5 Å². The molecule has 0 unspecified atom stereocenters. The van der Waals surface area contributed by atoms with Crippen LogP contribution in [0.1, 0.15) is 0 Å². The van der Waals surface area contributed by atoms with Gasteiger partial charge in [0.1, 0.15) is 0 Å². The molecule has 5 heteroatoms. The fraction of sp³-hybridized carbons (Fsp3) is 0. The van der Waals surface area contributed by atoms with E-state index in [9.17, 15) is 0 Å². The summed E-state index contributed by atoms with van der Waals surface area (Å²) in [6.07, 6.45) is 0. The highest BCUT2D eigenvalue weighted by Crippen LogP contribution is 2.45. The van der Waals surface area contributed by atoms with Gasteiger partial charge in [0.2, 0.25) is 5.95 Å². The molecule has 0 amide bonds. The molecule has 0 fully saturated rings. The highest BCUT2D eigenvalue weighted by atomic mass is 32.1. The van der Waals surface area contributed by atoms with E-state index in [1.54, 1.807) is 0 Å². The van der Waals surface area contributed by atoms with Gasteiger partial charge in [-0.05, 0) is 33.7 Å². The minimum absolute atomic E-state index is 0.609. The lowest BCUT2D eigenvalue weighted by Gasteiger charge is -2.11. The van der Waals surface area contributed by atoms with Crippen LogP contribution in [-0.4, -0.2) is 19.5 Å². The molecule has 0 saturated carbocycles. The van der Waals surface area contributed by atoms with E-state index in [0.29, 0.717) is 17.6 Å². The maximum atomic E-state index is 5.21. The first-order chi connectivity index (χ1) is 22.8. The predicted molar refractivity (Wildman–Crippen MR) is 193 cm³/mol.